The minimum atomic E-state index is -0.444. The SMILES string of the molecule is COC(=O)c1ccc(C(C)NC(C)C(C)C)o1. The summed E-state index contributed by atoms with van der Waals surface area (Å²) < 4.78 is 10.0. The van der Waals surface area contributed by atoms with Crippen molar-refractivity contribution >= 4 is 5.97 Å². The second kappa shape index (κ2) is 5.87. The van der Waals surface area contributed by atoms with Gasteiger partial charge in [0.05, 0.1) is 13.2 Å². The number of carbonyl (C=O) groups excluding carboxylic acids is 1. The molecule has 0 bridgehead atoms. The number of ether oxygens (including phenoxy) is 1. The lowest BCUT2D eigenvalue weighted by Gasteiger charge is -2.21. The number of hydrogen-bond acceptors (Lipinski definition) is 4. The van der Waals surface area contributed by atoms with Crippen molar-refractivity contribution in [3.63, 3.8) is 0 Å². The van der Waals surface area contributed by atoms with Gasteiger partial charge in [-0.2, -0.15) is 0 Å². The van der Waals surface area contributed by atoms with Gasteiger partial charge in [0.25, 0.3) is 0 Å². The van der Waals surface area contributed by atoms with Gasteiger partial charge in [-0.1, -0.05) is 13.8 Å². The van der Waals surface area contributed by atoms with Crippen LogP contribution in [0.2, 0.25) is 0 Å². The summed E-state index contributed by atoms with van der Waals surface area (Å²) in [4.78, 5) is 11.2. The Balaban J connectivity index is 2.66. The zero-order valence-electron chi connectivity index (χ0n) is 11.1. The number of methoxy groups -OCH3 is 1. The van der Waals surface area contributed by atoms with E-state index in [0.29, 0.717) is 12.0 Å². The first-order valence-corrected chi connectivity index (χ1v) is 5.89. The molecule has 0 saturated heterocycles. The average molecular weight is 239 g/mol. The molecule has 0 spiro atoms. The van der Waals surface area contributed by atoms with Crippen LogP contribution in [0.25, 0.3) is 0 Å². The summed E-state index contributed by atoms with van der Waals surface area (Å²) in [5.41, 5.74) is 0. The molecule has 1 aromatic rings. The molecule has 0 saturated carbocycles. The largest absolute Gasteiger partial charge is 0.463 e. The molecule has 0 aliphatic carbocycles. The van der Waals surface area contributed by atoms with Gasteiger partial charge in [0, 0.05) is 6.04 Å². The first-order valence-electron chi connectivity index (χ1n) is 5.89. The minimum absolute atomic E-state index is 0.0748. The van der Waals surface area contributed by atoms with Crippen LogP contribution in [0.4, 0.5) is 0 Å². The highest BCUT2D eigenvalue weighted by atomic mass is 16.5. The van der Waals surface area contributed by atoms with Gasteiger partial charge in [0.2, 0.25) is 5.76 Å². The van der Waals surface area contributed by atoms with Crippen LogP contribution in [0.1, 0.15) is 50.1 Å². The van der Waals surface area contributed by atoms with E-state index in [2.05, 4.69) is 30.8 Å². The summed E-state index contributed by atoms with van der Waals surface area (Å²) in [5, 5.41) is 3.42. The first kappa shape index (κ1) is 13.8. The standard InChI is InChI=1S/C13H21NO3/c1-8(2)9(3)14-10(4)11-6-7-12(17-11)13(15)16-5/h6-10,14H,1-5H3. The molecule has 96 valence electrons. The van der Waals surface area contributed by atoms with Gasteiger partial charge in [0.1, 0.15) is 5.76 Å². The van der Waals surface area contributed by atoms with Gasteiger partial charge < -0.3 is 14.5 Å². The van der Waals surface area contributed by atoms with Crippen molar-refractivity contribution in [3.05, 3.63) is 23.7 Å². The molecule has 0 amide bonds. The molecule has 1 rings (SSSR count). The predicted molar refractivity (Wildman–Crippen MR) is 65.9 cm³/mol. The smallest absolute Gasteiger partial charge is 0.373 e. The van der Waals surface area contributed by atoms with E-state index < -0.39 is 5.97 Å². The third-order valence-electron chi connectivity index (χ3n) is 2.95. The Bertz CT molecular complexity index is 370. The molecule has 1 aromatic heterocycles. The monoisotopic (exact) mass is 239 g/mol. The van der Waals surface area contributed by atoms with Crippen molar-refractivity contribution in [3.8, 4) is 0 Å². The molecule has 0 aromatic carbocycles. The van der Waals surface area contributed by atoms with Crippen LogP contribution in [-0.2, 0) is 4.74 Å². The van der Waals surface area contributed by atoms with Crippen LogP contribution in [-0.4, -0.2) is 19.1 Å². The number of furan rings is 1. The second-order valence-electron chi connectivity index (χ2n) is 4.61. The first-order chi connectivity index (χ1) is 7.95. The van der Waals surface area contributed by atoms with Crippen LogP contribution < -0.4 is 5.32 Å². The Labute approximate surface area is 102 Å². The molecule has 4 heteroatoms. The lowest BCUT2D eigenvalue weighted by molar-refractivity contribution is 0.0562. The van der Waals surface area contributed by atoms with Gasteiger partial charge in [-0.05, 0) is 31.9 Å². The van der Waals surface area contributed by atoms with Crippen molar-refractivity contribution in [1.82, 2.24) is 5.32 Å². The molecule has 0 aliphatic heterocycles. The van der Waals surface area contributed by atoms with Crippen LogP contribution in [0.5, 0.6) is 0 Å². The molecule has 4 nitrogen and oxygen atoms in total. The number of hydrogen-bond donors (Lipinski definition) is 1. The zero-order chi connectivity index (χ0) is 13.0. The average Bonchev–Trinajstić information content (AvgIpc) is 2.77. The summed E-state index contributed by atoms with van der Waals surface area (Å²) >= 11 is 0. The molecule has 0 aliphatic rings. The number of nitrogens with one attached hydrogen (secondary N) is 1. The van der Waals surface area contributed by atoms with Gasteiger partial charge in [-0.25, -0.2) is 4.79 Å². The third kappa shape index (κ3) is 3.60. The highest BCUT2D eigenvalue weighted by molar-refractivity contribution is 5.86. The summed E-state index contributed by atoms with van der Waals surface area (Å²) in [6.07, 6.45) is 0. The topological polar surface area (TPSA) is 51.5 Å². The van der Waals surface area contributed by atoms with Crippen LogP contribution in [0.15, 0.2) is 16.5 Å². The number of rotatable bonds is 5. The van der Waals surface area contributed by atoms with Crippen molar-refractivity contribution < 1.29 is 13.9 Å². The van der Waals surface area contributed by atoms with Crippen molar-refractivity contribution in [2.75, 3.05) is 7.11 Å². The minimum Gasteiger partial charge on any atom is -0.463 e. The third-order valence-corrected chi connectivity index (χ3v) is 2.95. The maximum atomic E-state index is 11.2. The summed E-state index contributed by atoms with van der Waals surface area (Å²) in [7, 11) is 1.34. The summed E-state index contributed by atoms with van der Waals surface area (Å²) in [5.74, 6) is 1.10. The fraction of sp³-hybridized carbons (Fsp3) is 0.615. The summed E-state index contributed by atoms with van der Waals surface area (Å²) in [6.45, 7) is 8.46. The van der Waals surface area contributed by atoms with E-state index in [0.717, 1.165) is 5.76 Å². The van der Waals surface area contributed by atoms with E-state index >= 15 is 0 Å². The molecule has 1 N–H and O–H groups in total. The van der Waals surface area contributed by atoms with E-state index in [-0.39, 0.29) is 11.8 Å². The number of esters is 1. The van der Waals surface area contributed by atoms with Gasteiger partial charge >= 0.3 is 5.97 Å². The molecular weight excluding hydrogens is 218 g/mol. The maximum Gasteiger partial charge on any atom is 0.373 e. The highest BCUT2D eigenvalue weighted by Crippen LogP contribution is 2.18. The fourth-order valence-corrected chi connectivity index (χ4v) is 1.46. The van der Waals surface area contributed by atoms with Gasteiger partial charge in [0.15, 0.2) is 0 Å². The Morgan fingerprint density at radius 2 is 1.94 bits per heavy atom. The lowest BCUT2D eigenvalue weighted by atomic mass is 10.1. The quantitative estimate of drug-likeness (QED) is 0.803. The van der Waals surface area contributed by atoms with Crippen molar-refractivity contribution in [1.29, 1.82) is 0 Å². The molecule has 17 heavy (non-hydrogen) atoms. The highest BCUT2D eigenvalue weighted by Gasteiger charge is 2.17. The van der Waals surface area contributed by atoms with Crippen molar-refractivity contribution in [2.24, 2.45) is 5.92 Å². The van der Waals surface area contributed by atoms with Gasteiger partial charge in [-0.3, -0.25) is 0 Å². The fourth-order valence-electron chi connectivity index (χ4n) is 1.46. The maximum absolute atomic E-state index is 11.2. The predicted octanol–water partition coefficient (Wildman–Crippen LogP) is 2.76. The van der Waals surface area contributed by atoms with E-state index in [1.165, 1.54) is 7.11 Å². The van der Waals surface area contributed by atoms with Crippen molar-refractivity contribution in [2.45, 2.75) is 39.8 Å². The molecule has 0 fully saturated rings. The Hall–Kier alpha value is -1.29. The molecule has 2 atom stereocenters. The Morgan fingerprint density at radius 1 is 1.29 bits per heavy atom. The molecular formula is C13H21NO3. The molecule has 0 radical (unpaired) electrons. The zero-order valence-corrected chi connectivity index (χ0v) is 11.1. The van der Waals surface area contributed by atoms with E-state index in [1.54, 1.807) is 12.1 Å². The second-order valence-corrected chi connectivity index (χ2v) is 4.61. The van der Waals surface area contributed by atoms with Crippen LogP contribution in [0, 0.1) is 5.92 Å². The summed E-state index contributed by atoms with van der Waals surface area (Å²) in [6, 6.07) is 3.90. The normalized spacial score (nSPS) is 14.7. The lowest BCUT2D eigenvalue weighted by Crippen LogP contribution is -2.32. The Morgan fingerprint density at radius 3 is 2.47 bits per heavy atom. The van der Waals surface area contributed by atoms with E-state index in [4.69, 9.17) is 4.42 Å². The molecule has 2 unspecified atom stereocenters. The Kier molecular flexibility index (Phi) is 4.75. The number of carbonyl (C=O) groups is 1. The van der Waals surface area contributed by atoms with E-state index in [1.807, 2.05) is 6.92 Å². The van der Waals surface area contributed by atoms with E-state index in [9.17, 15) is 4.79 Å². The van der Waals surface area contributed by atoms with Crippen LogP contribution in [0.3, 0.4) is 0 Å². The van der Waals surface area contributed by atoms with Crippen LogP contribution >= 0.6 is 0 Å². The molecule has 1 heterocycles. The van der Waals surface area contributed by atoms with Gasteiger partial charge in [-0.15, -0.1) is 0 Å².